The first kappa shape index (κ1) is 22.6. The second-order valence-corrected chi connectivity index (χ2v) is 13.0. The first-order chi connectivity index (χ1) is 12.1. The number of rotatable bonds is 10. The molecule has 0 saturated heterocycles. The summed E-state index contributed by atoms with van der Waals surface area (Å²) in [6.45, 7) is 14.1. The van der Waals surface area contributed by atoms with Crippen LogP contribution in [0.15, 0.2) is 35.9 Å². The molecule has 1 aromatic rings. The first-order valence-corrected chi connectivity index (χ1v) is 12.0. The molecule has 1 rings (SSSR count). The van der Waals surface area contributed by atoms with Crippen LogP contribution in [0.1, 0.15) is 39.7 Å². The third kappa shape index (κ3) is 7.44. The molecule has 0 radical (unpaired) electrons. The molecule has 4 nitrogen and oxygen atoms in total. The highest BCUT2D eigenvalue weighted by atomic mass is 28.4. The van der Waals surface area contributed by atoms with Crippen LogP contribution in [0.3, 0.4) is 0 Å². The SMILES string of the molecule is COc1ccc(COC[C@H](C/C(C)=C/C=O)O[Si](C)(C)C(C)(C)C)cc1. The van der Waals surface area contributed by atoms with E-state index in [-0.39, 0.29) is 11.1 Å². The van der Waals surface area contributed by atoms with E-state index in [1.807, 2.05) is 31.2 Å². The predicted molar refractivity (Wildman–Crippen MR) is 109 cm³/mol. The molecule has 0 aliphatic heterocycles. The molecule has 1 aromatic carbocycles. The molecule has 0 aliphatic rings. The van der Waals surface area contributed by atoms with E-state index in [0.29, 0.717) is 19.6 Å². The van der Waals surface area contributed by atoms with Crippen LogP contribution in [0.25, 0.3) is 0 Å². The van der Waals surface area contributed by atoms with Gasteiger partial charge >= 0.3 is 0 Å². The highest BCUT2D eigenvalue weighted by molar-refractivity contribution is 6.74. The van der Waals surface area contributed by atoms with Crippen LogP contribution in [0.2, 0.25) is 18.1 Å². The van der Waals surface area contributed by atoms with Crippen molar-refractivity contribution in [1.82, 2.24) is 0 Å². The maximum Gasteiger partial charge on any atom is 0.192 e. The summed E-state index contributed by atoms with van der Waals surface area (Å²) in [6.07, 6.45) is 3.08. The van der Waals surface area contributed by atoms with Gasteiger partial charge in [-0.05, 0) is 55.2 Å². The first-order valence-electron chi connectivity index (χ1n) is 9.08. The van der Waals surface area contributed by atoms with Gasteiger partial charge in [0.1, 0.15) is 12.0 Å². The number of carbonyl (C=O) groups is 1. The van der Waals surface area contributed by atoms with Gasteiger partial charge in [0.05, 0.1) is 26.4 Å². The zero-order valence-corrected chi connectivity index (χ0v) is 18.3. The third-order valence-electron chi connectivity index (χ3n) is 4.90. The average Bonchev–Trinajstić information content (AvgIpc) is 2.54. The summed E-state index contributed by atoms with van der Waals surface area (Å²) in [5.74, 6) is 0.836. The molecule has 0 aliphatic carbocycles. The van der Waals surface area contributed by atoms with E-state index in [0.717, 1.165) is 23.2 Å². The topological polar surface area (TPSA) is 44.8 Å². The van der Waals surface area contributed by atoms with Crippen LogP contribution in [0.4, 0.5) is 0 Å². The summed E-state index contributed by atoms with van der Waals surface area (Å²) in [7, 11) is -0.255. The van der Waals surface area contributed by atoms with Crippen LogP contribution < -0.4 is 4.74 Å². The van der Waals surface area contributed by atoms with Gasteiger partial charge in [-0.2, -0.15) is 0 Å². The third-order valence-corrected chi connectivity index (χ3v) is 9.44. The van der Waals surface area contributed by atoms with E-state index in [1.165, 1.54) is 0 Å². The quantitative estimate of drug-likeness (QED) is 0.321. The smallest absolute Gasteiger partial charge is 0.192 e. The fraction of sp³-hybridized carbons (Fsp3) is 0.571. The Bertz CT molecular complexity index is 585. The molecule has 0 fully saturated rings. The average molecular weight is 379 g/mol. The van der Waals surface area contributed by atoms with E-state index in [9.17, 15) is 4.79 Å². The highest BCUT2D eigenvalue weighted by Crippen LogP contribution is 2.38. The molecule has 0 aromatic heterocycles. The van der Waals surface area contributed by atoms with Crippen molar-refractivity contribution in [3.63, 3.8) is 0 Å². The van der Waals surface area contributed by atoms with Crippen molar-refractivity contribution in [2.24, 2.45) is 0 Å². The summed E-state index contributed by atoms with van der Waals surface area (Å²) < 4.78 is 17.6. The number of carbonyl (C=O) groups excluding carboxylic acids is 1. The van der Waals surface area contributed by atoms with E-state index in [2.05, 4.69) is 33.9 Å². The monoisotopic (exact) mass is 378 g/mol. The Hall–Kier alpha value is -1.43. The number of aldehydes is 1. The minimum absolute atomic E-state index is 0.0506. The van der Waals surface area contributed by atoms with Crippen molar-refractivity contribution < 1.29 is 18.7 Å². The van der Waals surface area contributed by atoms with Gasteiger partial charge in [0, 0.05) is 0 Å². The van der Waals surface area contributed by atoms with Gasteiger partial charge in [0.25, 0.3) is 0 Å². The number of hydrogen-bond acceptors (Lipinski definition) is 4. The van der Waals surface area contributed by atoms with Gasteiger partial charge < -0.3 is 13.9 Å². The minimum atomic E-state index is -1.91. The summed E-state index contributed by atoms with van der Waals surface area (Å²) in [6, 6.07) is 7.86. The standard InChI is InChI=1S/C21H34O4Si/c1-17(12-13-22)14-20(25-26(6,7)21(2,3)4)16-24-15-18-8-10-19(23-5)11-9-18/h8-13,20H,14-16H2,1-7H3/b17-12+/t20-/m0/s1. The van der Waals surface area contributed by atoms with Crippen molar-refractivity contribution in [3.05, 3.63) is 41.5 Å². The van der Waals surface area contributed by atoms with Gasteiger partial charge in [-0.1, -0.05) is 38.5 Å². The van der Waals surface area contributed by atoms with Crippen LogP contribution in [-0.4, -0.2) is 34.4 Å². The molecule has 146 valence electrons. The lowest BCUT2D eigenvalue weighted by Crippen LogP contribution is -2.45. The second-order valence-electron chi connectivity index (χ2n) is 8.22. The fourth-order valence-electron chi connectivity index (χ4n) is 2.30. The lowest BCUT2D eigenvalue weighted by molar-refractivity contribution is -0.104. The molecule has 1 atom stereocenters. The Morgan fingerprint density at radius 1 is 1.19 bits per heavy atom. The molecule has 0 N–H and O–H groups in total. The molecule has 0 heterocycles. The second kappa shape index (κ2) is 10.0. The maximum atomic E-state index is 10.7. The number of allylic oxidation sites excluding steroid dienone is 1. The van der Waals surface area contributed by atoms with Crippen molar-refractivity contribution in [2.75, 3.05) is 13.7 Å². The lowest BCUT2D eigenvalue weighted by Gasteiger charge is -2.39. The fourth-order valence-corrected chi connectivity index (χ4v) is 3.64. The van der Waals surface area contributed by atoms with Crippen molar-refractivity contribution in [2.45, 2.75) is 65.0 Å². The molecule has 0 spiro atoms. The molecule has 0 unspecified atom stereocenters. The van der Waals surface area contributed by atoms with Crippen molar-refractivity contribution in [3.8, 4) is 5.75 Å². The van der Waals surface area contributed by atoms with Crippen LogP contribution in [0.5, 0.6) is 5.75 Å². The molecule has 26 heavy (non-hydrogen) atoms. The Kier molecular flexibility index (Phi) is 8.73. The zero-order chi connectivity index (χ0) is 19.8. The van der Waals surface area contributed by atoms with Crippen LogP contribution >= 0.6 is 0 Å². The Labute approximate surface area is 159 Å². The molecular weight excluding hydrogens is 344 g/mol. The van der Waals surface area contributed by atoms with E-state index in [4.69, 9.17) is 13.9 Å². The predicted octanol–water partition coefficient (Wildman–Crippen LogP) is 5.14. The summed E-state index contributed by atoms with van der Waals surface area (Å²) in [5.41, 5.74) is 2.11. The number of hydrogen-bond donors (Lipinski definition) is 0. The maximum absolute atomic E-state index is 10.7. The summed E-state index contributed by atoms with van der Waals surface area (Å²) in [4.78, 5) is 10.7. The van der Waals surface area contributed by atoms with E-state index >= 15 is 0 Å². The van der Waals surface area contributed by atoms with Gasteiger partial charge in [-0.3, -0.25) is 4.79 Å². The molecule has 0 saturated carbocycles. The highest BCUT2D eigenvalue weighted by Gasteiger charge is 2.39. The largest absolute Gasteiger partial charge is 0.497 e. The van der Waals surface area contributed by atoms with E-state index < -0.39 is 8.32 Å². The lowest BCUT2D eigenvalue weighted by atomic mass is 10.1. The van der Waals surface area contributed by atoms with Gasteiger partial charge in [-0.25, -0.2) is 0 Å². The Morgan fingerprint density at radius 3 is 2.31 bits per heavy atom. The van der Waals surface area contributed by atoms with Gasteiger partial charge in [-0.15, -0.1) is 0 Å². The minimum Gasteiger partial charge on any atom is -0.497 e. The van der Waals surface area contributed by atoms with Crippen LogP contribution in [0, 0.1) is 0 Å². The Morgan fingerprint density at radius 2 is 1.81 bits per heavy atom. The van der Waals surface area contributed by atoms with Crippen molar-refractivity contribution >= 4 is 14.6 Å². The van der Waals surface area contributed by atoms with Crippen molar-refractivity contribution in [1.29, 1.82) is 0 Å². The van der Waals surface area contributed by atoms with Gasteiger partial charge in [0.15, 0.2) is 8.32 Å². The summed E-state index contributed by atoms with van der Waals surface area (Å²) in [5, 5.41) is 0.128. The molecule has 0 amide bonds. The zero-order valence-electron chi connectivity index (χ0n) is 17.3. The van der Waals surface area contributed by atoms with Crippen LogP contribution in [-0.2, 0) is 20.6 Å². The number of benzene rings is 1. The number of ether oxygens (including phenoxy) is 2. The molecule has 0 bridgehead atoms. The van der Waals surface area contributed by atoms with Gasteiger partial charge in [0.2, 0.25) is 0 Å². The normalized spacial score (nSPS) is 14.2. The van der Waals surface area contributed by atoms with E-state index in [1.54, 1.807) is 13.2 Å². The molecular formula is C21H34O4Si. The summed E-state index contributed by atoms with van der Waals surface area (Å²) >= 11 is 0. The Balaban J connectivity index is 2.71. The number of methoxy groups -OCH3 is 1. The molecule has 5 heteroatoms.